The third-order valence-corrected chi connectivity index (χ3v) is 2.26. The molecule has 1 aromatic heterocycles. The predicted molar refractivity (Wildman–Crippen MR) is 66.8 cm³/mol. The second kappa shape index (κ2) is 7.82. The van der Waals surface area contributed by atoms with E-state index < -0.39 is 23.3 Å². The third kappa shape index (κ3) is 5.01. The Hall–Kier alpha value is -2.51. The van der Waals surface area contributed by atoms with E-state index in [2.05, 4.69) is 9.72 Å². The molecule has 8 nitrogen and oxygen atoms in total. The van der Waals surface area contributed by atoms with Crippen LogP contribution in [0.5, 0.6) is 0 Å². The van der Waals surface area contributed by atoms with E-state index in [1.807, 2.05) is 0 Å². The number of carbonyl (C=O) groups is 2. The van der Waals surface area contributed by atoms with Crippen LogP contribution in [0.25, 0.3) is 0 Å². The lowest BCUT2D eigenvalue weighted by molar-refractivity contribution is -0.386. The second-order valence-corrected chi connectivity index (χ2v) is 3.68. The van der Waals surface area contributed by atoms with Gasteiger partial charge in [0.15, 0.2) is 0 Å². The Labute approximate surface area is 114 Å². The van der Waals surface area contributed by atoms with Crippen molar-refractivity contribution in [2.75, 3.05) is 13.2 Å². The van der Waals surface area contributed by atoms with Gasteiger partial charge in [-0.25, -0.2) is 0 Å². The molecule has 108 valence electrons. The summed E-state index contributed by atoms with van der Waals surface area (Å²) in [4.78, 5) is 36.3. The first-order chi connectivity index (χ1) is 9.54. The third-order valence-electron chi connectivity index (χ3n) is 2.26. The van der Waals surface area contributed by atoms with Crippen LogP contribution in [0.2, 0.25) is 0 Å². The summed E-state index contributed by atoms with van der Waals surface area (Å²) < 4.78 is 9.38. The Morgan fingerprint density at radius 1 is 1.35 bits per heavy atom. The molecule has 20 heavy (non-hydrogen) atoms. The normalized spacial score (nSPS) is 9.85. The van der Waals surface area contributed by atoms with Crippen molar-refractivity contribution in [2.45, 2.75) is 19.8 Å². The van der Waals surface area contributed by atoms with Gasteiger partial charge in [0.05, 0.1) is 18.1 Å². The van der Waals surface area contributed by atoms with E-state index in [1.54, 1.807) is 6.92 Å². The van der Waals surface area contributed by atoms with Crippen LogP contribution in [-0.4, -0.2) is 35.1 Å². The molecule has 0 atom stereocenters. The number of nitrogens with zero attached hydrogens (tertiary/aromatic N) is 2. The molecule has 0 unspecified atom stereocenters. The molecule has 8 heteroatoms. The zero-order valence-corrected chi connectivity index (χ0v) is 10.9. The average molecular weight is 282 g/mol. The molecule has 0 N–H and O–H groups in total. The van der Waals surface area contributed by atoms with E-state index in [4.69, 9.17) is 4.74 Å². The second-order valence-electron chi connectivity index (χ2n) is 3.68. The van der Waals surface area contributed by atoms with Crippen molar-refractivity contribution in [1.82, 2.24) is 4.98 Å². The van der Waals surface area contributed by atoms with Crippen molar-refractivity contribution >= 4 is 17.6 Å². The zero-order chi connectivity index (χ0) is 15.0. The standard InChI is InChI=1S/C12H14N2O6/c1-2-19-11(15)8-12(16)20-7-5-9-10(14(17)18)4-3-6-13-9/h3-4,6H,2,5,7-8H2,1H3. The van der Waals surface area contributed by atoms with Gasteiger partial charge in [0.25, 0.3) is 5.69 Å². The number of rotatable bonds is 7. The molecule has 0 aliphatic rings. The van der Waals surface area contributed by atoms with Gasteiger partial charge in [-0.2, -0.15) is 0 Å². The van der Waals surface area contributed by atoms with E-state index in [-0.39, 0.29) is 31.0 Å². The number of pyridine rings is 1. The van der Waals surface area contributed by atoms with Crippen LogP contribution in [0.1, 0.15) is 19.0 Å². The Morgan fingerprint density at radius 3 is 2.70 bits per heavy atom. The molecule has 0 aliphatic heterocycles. The number of aromatic nitrogens is 1. The Morgan fingerprint density at radius 2 is 2.05 bits per heavy atom. The van der Waals surface area contributed by atoms with Crippen molar-refractivity contribution in [2.24, 2.45) is 0 Å². The zero-order valence-electron chi connectivity index (χ0n) is 10.9. The van der Waals surface area contributed by atoms with Crippen LogP contribution in [0, 0.1) is 10.1 Å². The molecule has 0 bridgehead atoms. The van der Waals surface area contributed by atoms with Crippen molar-refractivity contribution in [3.8, 4) is 0 Å². The molecule has 0 amide bonds. The van der Waals surface area contributed by atoms with E-state index in [0.29, 0.717) is 0 Å². The quantitative estimate of drug-likeness (QED) is 0.318. The highest BCUT2D eigenvalue weighted by Gasteiger charge is 2.15. The van der Waals surface area contributed by atoms with Crippen molar-refractivity contribution < 1.29 is 24.0 Å². The largest absolute Gasteiger partial charge is 0.466 e. The van der Waals surface area contributed by atoms with Gasteiger partial charge < -0.3 is 9.47 Å². The number of hydrogen-bond donors (Lipinski definition) is 0. The van der Waals surface area contributed by atoms with Gasteiger partial charge in [-0.3, -0.25) is 24.7 Å². The summed E-state index contributed by atoms with van der Waals surface area (Å²) in [6.07, 6.45) is 1.05. The highest BCUT2D eigenvalue weighted by molar-refractivity contribution is 5.91. The molecule has 0 aliphatic carbocycles. The fourth-order valence-corrected chi connectivity index (χ4v) is 1.43. The molecule has 0 fully saturated rings. The molecular formula is C12H14N2O6. The van der Waals surface area contributed by atoms with Crippen molar-refractivity contribution in [3.05, 3.63) is 34.1 Å². The smallest absolute Gasteiger partial charge is 0.317 e. The summed E-state index contributed by atoms with van der Waals surface area (Å²) in [5, 5.41) is 10.7. The minimum Gasteiger partial charge on any atom is -0.466 e. The van der Waals surface area contributed by atoms with Crippen molar-refractivity contribution in [1.29, 1.82) is 0 Å². The maximum Gasteiger partial charge on any atom is 0.317 e. The molecule has 1 aromatic rings. The molecule has 0 aromatic carbocycles. The summed E-state index contributed by atoms with van der Waals surface area (Å²) in [5.41, 5.74) is 0.0929. The molecular weight excluding hydrogens is 268 g/mol. The maximum absolute atomic E-state index is 11.3. The summed E-state index contributed by atoms with van der Waals surface area (Å²) in [6.45, 7) is 1.73. The Kier molecular flexibility index (Phi) is 6.08. The predicted octanol–water partition coefficient (Wildman–Crippen LogP) is 1.03. The minimum atomic E-state index is -0.734. The number of nitro groups is 1. The van der Waals surface area contributed by atoms with Gasteiger partial charge in [-0.1, -0.05) is 0 Å². The van der Waals surface area contributed by atoms with Crippen LogP contribution in [0.4, 0.5) is 5.69 Å². The van der Waals surface area contributed by atoms with Crippen molar-refractivity contribution in [3.63, 3.8) is 0 Å². The highest BCUT2D eigenvalue weighted by atomic mass is 16.6. The lowest BCUT2D eigenvalue weighted by Crippen LogP contribution is -2.15. The Bertz CT molecular complexity index is 502. The molecule has 0 saturated carbocycles. The SMILES string of the molecule is CCOC(=O)CC(=O)OCCc1ncccc1[N+](=O)[O-]. The van der Waals surface area contributed by atoms with E-state index in [1.165, 1.54) is 18.3 Å². The number of esters is 2. The fraction of sp³-hybridized carbons (Fsp3) is 0.417. The molecule has 0 saturated heterocycles. The number of hydrogen-bond acceptors (Lipinski definition) is 7. The molecule has 1 heterocycles. The average Bonchev–Trinajstić information content (AvgIpc) is 2.39. The first kappa shape index (κ1) is 15.5. The van der Waals surface area contributed by atoms with Gasteiger partial charge in [0, 0.05) is 18.7 Å². The van der Waals surface area contributed by atoms with Gasteiger partial charge in [0.2, 0.25) is 0 Å². The van der Waals surface area contributed by atoms with Crippen LogP contribution in [-0.2, 0) is 25.5 Å². The monoisotopic (exact) mass is 282 g/mol. The van der Waals surface area contributed by atoms with E-state index >= 15 is 0 Å². The lowest BCUT2D eigenvalue weighted by atomic mass is 10.2. The van der Waals surface area contributed by atoms with Crippen LogP contribution >= 0.6 is 0 Å². The summed E-state index contributed by atoms with van der Waals surface area (Å²) >= 11 is 0. The van der Waals surface area contributed by atoms with Gasteiger partial charge in [0.1, 0.15) is 12.1 Å². The summed E-state index contributed by atoms with van der Waals surface area (Å²) in [5.74, 6) is -1.40. The molecule has 0 radical (unpaired) electrons. The minimum absolute atomic E-state index is 0.0872. The summed E-state index contributed by atoms with van der Waals surface area (Å²) in [7, 11) is 0. The topological polar surface area (TPSA) is 109 Å². The Balaban J connectivity index is 2.43. The molecule has 0 spiro atoms. The van der Waals surface area contributed by atoms with Crippen LogP contribution < -0.4 is 0 Å². The molecule has 1 rings (SSSR count). The van der Waals surface area contributed by atoms with Gasteiger partial charge in [-0.15, -0.1) is 0 Å². The van der Waals surface area contributed by atoms with E-state index in [0.717, 1.165) is 0 Å². The van der Waals surface area contributed by atoms with Crippen LogP contribution in [0.15, 0.2) is 18.3 Å². The lowest BCUT2D eigenvalue weighted by Gasteiger charge is -2.05. The highest BCUT2D eigenvalue weighted by Crippen LogP contribution is 2.15. The number of carbonyl (C=O) groups excluding carboxylic acids is 2. The number of ether oxygens (including phenoxy) is 2. The first-order valence-corrected chi connectivity index (χ1v) is 5.94. The van der Waals surface area contributed by atoms with Gasteiger partial charge in [-0.05, 0) is 13.0 Å². The van der Waals surface area contributed by atoms with E-state index in [9.17, 15) is 19.7 Å². The summed E-state index contributed by atoms with van der Waals surface area (Å²) in [6, 6.07) is 2.77. The van der Waals surface area contributed by atoms with Gasteiger partial charge >= 0.3 is 11.9 Å². The fourth-order valence-electron chi connectivity index (χ4n) is 1.43. The van der Waals surface area contributed by atoms with Crippen LogP contribution in [0.3, 0.4) is 0 Å². The maximum atomic E-state index is 11.3. The first-order valence-electron chi connectivity index (χ1n) is 5.94.